The number of para-hydroxylation sites is 2. The molecule has 0 fully saturated rings. The van der Waals surface area contributed by atoms with Crippen molar-refractivity contribution in [3.63, 3.8) is 0 Å². The molecule has 2 heterocycles. The molecule has 0 aliphatic carbocycles. The third-order valence-electron chi connectivity index (χ3n) is 3.02. The lowest BCUT2D eigenvalue weighted by atomic mass is 10.2. The Hall–Kier alpha value is -2.98. The molecule has 4 rings (SSSR count). The summed E-state index contributed by atoms with van der Waals surface area (Å²) in [5, 5.41) is 5.15. The van der Waals surface area contributed by atoms with Crippen LogP contribution in [0.5, 0.6) is 0 Å². The number of fused-ring (bicyclic) bond motifs is 2. The maximum atomic E-state index is 4.36. The number of rotatable bonds is 0. The topological polar surface area (TPSA) is 64.2 Å². The summed E-state index contributed by atoms with van der Waals surface area (Å²) in [4.78, 5) is 8.36. The lowest BCUT2D eigenvalue weighted by molar-refractivity contribution is 1.28. The Labute approximate surface area is 147 Å². The molecule has 24 heavy (non-hydrogen) atoms. The van der Waals surface area contributed by atoms with E-state index in [9.17, 15) is 0 Å². The molecule has 4 aromatic rings. The summed E-state index contributed by atoms with van der Waals surface area (Å²) in [6.45, 7) is 2.89. The third kappa shape index (κ3) is 5.66. The number of pyridine rings is 2. The van der Waals surface area contributed by atoms with Gasteiger partial charge in [-0.25, -0.2) is 0 Å². The van der Waals surface area contributed by atoms with Crippen molar-refractivity contribution in [2.24, 2.45) is 10.9 Å². The van der Waals surface area contributed by atoms with Crippen molar-refractivity contribution in [1.29, 1.82) is 0 Å². The number of aromatic nitrogens is 2. The molecule has 0 aliphatic rings. The lowest BCUT2D eigenvalue weighted by Crippen LogP contribution is -1.73. The Kier molecular flexibility index (Phi) is 8.50. The highest BCUT2D eigenvalue weighted by Gasteiger charge is 1.87. The maximum Gasteiger partial charge on any atom is 0.0701 e. The standard InChI is InChI=1S/2C9H7N.CH4N2.ClH/c2*1-2-6-9-8(4-1)5-3-7-10-9;1-3-2;/h2*1-7H;1-2H2;1H. The summed E-state index contributed by atoms with van der Waals surface area (Å²) in [6.07, 6.45) is 3.62. The van der Waals surface area contributed by atoms with Gasteiger partial charge in [-0.2, -0.15) is 5.10 Å². The van der Waals surface area contributed by atoms with Crippen LogP contribution >= 0.6 is 12.4 Å². The molecule has 2 aromatic carbocycles. The zero-order valence-corrected chi connectivity index (χ0v) is 13.9. The van der Waals surface area contributed by atoms with Gasteiger partial charge in [0.05, 0.1) is 11.0 Å². The van der Waals surface area contributed by atoms with Crippen LogP contribution in [0, 0.1) is 0 Å². The lowest BCUT2D eigenvalue weighted by Gasteiger charge is -1.91. The van der Waals surface area contributed by atoms with E-state index >= 15 is 0 Å². The fourth-order valence-electron chi connectivity index (χ4n) is 2.03. The molecule has 0 amide bonds. The molecule has 4 nitrogen and oxygen atoms in total. The zero-order valence-electron chi connectivity index (χ0n) is 13.1. The average molecular weight is 339 g/mol. The van der Waals surface area contributed by atoms with Crippen LogP contribution in [-0.4, -0.2) is 16.7 Å². The summed E-state index contributed by atoms with van der Waals surface area (Å²) >= 11 is 0. The molecular formula is C19H19ClN4. The normalized spacial score (nSPS) is 8.83. The van der Waals surface area contributed by atoms with E-state index in [2.05, 4.69) is 51.9 Å². The second-order valence-corrected chi connectivity index (χ2v) is 4.57. The van der Waals surface area contributed by atoms with E-state index in [-0.39, 0.29) is 12.4 Å². The molecule has 0 radical (unpaired) electrons. The van der Waals surface area contributed by atoms with Crippen LogP contribution in [0.15, 0.2) is 90.3 Å². The van der Waals surface area contributed by atoms with Gasteiger partial charge in [0.1, 0.15) is 0 Å². The summed E-state index contributed by atoms with van der Waals surface area (Å²) in [7, 11) is 0. The van der Waals surface area contributed by atoms with Crippen LogP contribution in [0.3, 0.4) is 0 Å². The van der Waals surface area contributed by atoms with Crippen LogP contribution < -0.4 is 5.84 Å². The summed E-state index contributed by atoms with van der Waals surface area (Å²) in [5.74, 6) is 4.36. The number of benzene rings is 2. The summed E-state index contributed by atoms with van der Waals surface area (Å²) < 4.78 is 0. The van der Waals surface area contributed by atoms with Crippen molar-refractivity contribution in [3.05, 3.63) is 85.2 Å². The highest BCUT2D eigenvalue weighted by atomic mass is 35.5. The van der Waals surface area contributed by atoms with E-state index in [4.69, 9.17) is 0 Å². The fourth-order valence-corrected chi connectivity index (χ4v) is 2.03. The molecule has 0 saturated heterocycles. The van der Waals surface area contributed by atoms with E-state index in [1.54, 1.807) is 0 Å². The quantitative estimate of drug-likeness (QED) is 0.292. The van der Waals surface area contributed by atoms with E-state index in [1.807, 2.05) is 60.9 Å². The van der Waals surface area contributed by atoms with Gasteiger partial charge in [0.15, 0.2) is 0 Å². The molecule has 0 atom stereocenters. The highest BCUT2D eigenvalue weighted by Crippen LogP contribution is 2.08. The van der Waals surface area contributed by atoms with Crippen LogP contribution in [0.4, 0.5) is 0 Å². The molecule has 0 unspecified atom stereocenters. The third-order valence-corrected chi connectivity index (χ3v) is 3.02. The summed E-state index contributed by atoms with van der Waals surface area (Å²) in [5.41, 5.74) is 2.12. The Morgan fingerprint density at radius 1 is 0.667 bits per heavy atom. The van der Waals surface area contributed by atoms with Gasteiger partial charge in [-0.1, -0.05) is 48.5 Å². The van der Waals surface area contributed by atoms with Gasteiger partial charge in [-0.3, -0.25) is 9.97 Å². The van der Waals surface area contributed by atoms with Gasteiger partial charge in [0.25, 0.3) is 0 Å². The number of hydrazone groups is 1. The Morgan fingerprint density at radius 3 is 1.38 bits per heavy atom. The van der Waals surface area contributed by atoms with Crippen molar-refractivity contribution in [2.45, 2.75) is 0 Å². The van der Waals surface area contributed by atoms with Crippen molar-refractivity contribution >= 4 is 40.9 Å². The smallest absolute Gasteiger partial charge is 0.0701 e. The number of nitrogens with zero attached hydrogens (tertiary/aromatic N) is 3. The second-order valence-electron chi connectivity index (χ2n) is 4.57. The molecule has 2 aromatic heterocycles. The number of nitrogens with two attached hydrogens (primary N) is 1. The Bertz CT molecular complexity index is 678. The maximum absolute atomic E-state index is 4.36. The zero-order chi connectivity index (χ0) is 16.3. The molecule has 2 N–H and O–H groups in total. The van der Waals surface area contributed by atoms with Crippen molar-refractivity contribution in [3.8, 4) is 0 Å². The van der Waals surface area contributed by atoms with Crippen molar-refractivity contribution in [1.82, 2.24) is 9.97 Å². The molecule has 0 bridgehead atoms. The van der Waals surface area contributed by atoms with Gasteiger partial charge in [0, 0.05) is 29.9 Å². The van der Waals surface area contributed by atoms with Crippen LogP contribution in [0.1, 0.15) is 0 Å². The number of halogens is 1. The number of hydrogen-bond acceptors (Lipinski definition) is 4. The first kappa shape index (κ1) is 19.1. The SMILES string of the molecule is C=NN.Cl.c1ccc2ncccc2c1.c1ccc2ncccc2c1. The minimum atomic E-state index is 0. The number of hydrogen-bond donors (Lipinski definition) is 1. The van der Waals surface area contributed by atoms with E-state index in [0.29, 0.717) is 0 Å². The first-order chi connectivity index (χ1) is 11.3. The molecule has 122 valence electrons. The Balaban J connectivity index is 0.000000200. The predicted molar refractivity (Wildman–Crippen MR) is 104 cm³/mol. The van der Waals surface area contributed by atoms with Crippen molar-refractivity contribution in [2.75, 3.05) is 0 Å². The molecular weight excluding hydrogens is 320 g/mol. The van der Waals surface area contributed by atoms with Crippen molar-refractivity contribution < 1.29 is 0 Å². The molecule has 0 spiro atoms. The van der Waals surface area contributed by atoms with Gasteiger partial charge in [-0.15, -0.1) is 12.4 Å². The highest BCUT2D eigenvalue weighted by molar-refractivity contribution is 5.85. The minimum Gasteiger partial charge on any atom is -0.324 e. The van der Waals surface area contributed by atoms with Gasteiger partial charge < -0.3 is 5.84 Å². The minimum absolute atomic E-state index is 0. The monoisotopic (exact) mass is 338 g/mol. The van der Waals surface area contributed by atoms with E-state index < -0.39 is 0 Å². The van der Waals surface area contributed by atoms with Crippen LogP contribution in [0.2, 0.25) is 0 Å². The van der Waals surface area contributed by atoms with Crippen LogP contribution in [0.25, 0.3) is 21.8 Å². The average Bonchev–Trinajstić information content (AvgIpc) is 2.63. The van der Waals surface area contributed by atoms with E-state index in [0.717, 1.165) is 11.0 Å². The largest absolute Gasteiger partial charge is 0.324 e. The fraction of sp³-hybridized carbons (Fsp3) is 0. The van der Waals surface area contributed by atoms with Gasteiger partial charge in [-0.05, 0) is 24.3 Å². The molecule has 0 aliphatic heterocycles. The first-order valence-electron chi connectivity index (χ1n) is 7.10. The summed E-state index contributed by atoms with van der Waals surface area (Å²) in [6, 6.07) is 24.2. The molecule has 5 heteroatoms. The van der Waals surface area contributed by atoms with Gasteiger partial charge in [0.2, 0.25) is 0 Å². The second kappa shape index (κ2) is 10.7. The predicted octanol–water partition coefficient (Wildman–Crippen LogP) is 4.45. The van der Waals surface area contributed by atoms with Crippen LogP contribution in [-0.2, 0) is 0 Å². The first-order valence-corrected chi connectivity index (χ1v) is 7.10. The van der Waals surface area contributed by atoms with E-state index in [1.165, 1.54) is 10.8 Å². The molecule has 0 saturated carbocycles. The van der Waals surface area contributed by atoms with Gasteiger partial charge >= 0.3 is 0 Å². The Morgan fingerprint density at radius 2 is 1.00 bits per heavy atom.